The van der Waals surface area contributed by atoms with Crippen molar-refractivity contribution < 1.29 is 14.5 Å². The van der Waals surface area contributed by atoms with E-state index in [1.807, 2.05) is 18.5 Å². The highest BCUT2D eigenvalue weighted by atomic mass is 16.6. The van der Waals surface area contributed by atoms with Crippen LogP contribution in [-0.2, 0) is 16.1 Å². The monoisotopic (exact) mass is 419 g/mol. The highest BCUT2D eigenvalue weighted by molar-refractivity contribution is 5.87. The maximum absolute atomic E-state index is 12.3. The van der Waals surface area contributed by atoms with E-state index in [0.717, 1.165) is 22.5 Å². The van der Waals surface area contributed by atoms with Gasteiger partial charge in [0.25, 0.3) is 5.69 Å². The maximum Gasteiger partial charge on any atom is 0.331 e. The minimum atomic E-state index is -0.608. The highest BCUT2D eigenvalue weighted by Gasteiger charge is 2.15. The first-order chi connectivity index (χ1) is 14.7. The molecule has 1 heterocycles. The van der Waals surface area contributed by atoms with Gasteiger partial charge in [0.2, 0.25) is 0 Å². The number of non-ortho nitro benzene ring substituents is 1. The Morgan fingerprint density at radius 3 is 2.58 bits per heavy atom. The molecule has 3 rings (SSSR count). The second-order valence-corrected chi connectivity index (χ2v) is 7.49. The summed E-state index contributed by atoms with van der Waals surface area (Å²) >= 11 is 0. The third-order valence-corrected chi connectivity index (χ3v) is 5.12. The molecule has 0 saturated carbocycles. The number of carbonyl (C=O) groups is 1. The fraction of sp³-hybridized carbons (Fsp3) is 0.250. The van der Waals surface area contributed by atoms with Crippen LogP contribution in [0.2, 0.25) is 0 Å². The lowest BCUT2D eigenvalue weighted by atomic mass is 10.1. The van der Waals surface area contributed by atoms with Crippen molar-refractivity contribution in [3.05, 3.63) is 98.4 Å². The molecule has 7 heteroatoms. The van der Waals surface area contributed by atoms with Crippen LogP contribution in [0, 0.1) is 30.9 Å². The van der Waals surface area contributed by atoms with E-state index in [4.69, 9.17) is 4.74 Å². The lowest BCUT2D eigenvalue weighted by molar-refractivity contribution is -0.385. The Balaban J connectivity index is 1.69. The van der Waals surface area contributed by atoms with Gasteiger partial charge in [-0.05, 0) is 44.9 Å². The van der Waals surface area contributed by atoms with Crippen LogP contribution in [0.15, 0.2) is 54.6 Å². The molecule has 3 aromatic rings. The van der Waals surface area contributed by atoms with Crippen molar-refractivity contribution in [2.45, 2.75) is 40.3 Å². The number of ether oxygens (including phenoxy) is 1. The summed E-state index contributed by atoms with van der Waals surface area (Å²) in [6.07, 6.45) is 2.45. The molecule has 2 aromatic carbocycles. The smallest absolute Gasteiger partial charge is 0.331 e. The topological polar surface area (TPSA) is 87.3 Å². The summed E-state index contributed by atoms with van der Waals surface area (Å²) in [5, 5.41) is 15.5. The Morgan fingerprint density at radius 1 is 1.19 bits per heavy atom. The Kier molecular flexibility index (Phi) is 6.65. The van der Waals surface area contributed by atoms with Gasteiger partial charge in [-0.25, -0.2) is 4.79 Å². The number of hydrogen-bond acceptors (Lipinski definition) is 5. The number of nitrogens with zero attached hydrogens (tertiary/aromatic N) is 3. The Hall–Kier alpha value is -3.74. The Morgan fingerprint density at radius 2 is 1.90 bits per heavy atom. The first kappa shape index (κ1) is 22.0. The molecule has 31 heavy (non-hydrogen) atoms. The van der Waals surface area contributed by atoms with Crippen LogP contribution in [0.25, 0.3) is 6.08 Å². The number of carbonyl (C=O) groups excluding carboxylic acids is 1. The highest BCUT2D eigenvalue weighted by Crippen LogP contribution is 2.22. The number of nitro benzene ring substituents is 1. The molecule has 0 aliphatic carbocycles. The predicted molar refractivity (Wildman–Crippen MR) is 119 cm³/mol. The molecule has 7 nitrogen and oxygen atoms in total. The summed E-state index contributed by atoms with van der Waals surface area (Å²) in [5.74, 6) is -0.524. The molecule has 0 amide bonds. The zero-order valence-electron chi connectivity index (χ0n) is 18.0. The SMILES string of the molecule is Cc1ccc(Cn2nc(C)c(C=CC(=O)OC(C)c3cccc([N+](=O)[O-])c3)c2C)cc1. The molecule has 0 saturated heterocycles. The quantitative estimate of drug-likeness (QED) is 0.231. The lowest BCUT2D eigenvalue weighted by Crippen LogP contribution is -2.06. The van der Waals surface area contributed by atoms with Crippen molar-refractivity contribution in [1.82, 2.24) is 9.78 Å². The molecule has 0 bridgehead atoms. The van der Waals surface area contributed by atoms with Gasteiger partial charge in [0, 0.05) is 29.5 Å². The first-order valence-electron chi connectivity index (χ1n) is 9.97. The maximum atomic E-state index is 12.3. The van der Waals surface area contributed by atoms with E-state index in [2.05, 4.69) is 36.3 Å². The van der Waals surface area contributed by atoms with E-state index < -0.39 is 17.0 Å². The minimum absolute atomic E-state index is 0.0387. The molecule has 0 spiro atoms. The predicted octanol–water partition coefficient (Wildman–Crippen LogP) is 5.08. The number of hydrogen-bond donors (Lipinski definition) is 0. The summed E-state index contributed by atoms with van der Waals surface area (Å²) in [5.41, 5.74) is 5.52. The van der Waals surface area contributed by atoms with Gasteiger partial charge in [0.1, 0.15) is 6.10 Å². The van der Waals surface area contributed by atoms with Crippen molar-refractivity contribution >= 4 is 17.7 Å². The van der Waals surface area contributed by atoms with Crippen LogP contribution in [0.5, 0.6) is 0 Å². The largest absolute Gasteiger partial charge is 0.455 e. The molecule has 0 aliphatic rings. The molecule has 1 atom stereocenters. The average Bonchev–Trinajstić information content (AvgIpc) is 3.00. The van der Waals surface area contributed by atoms with Crippen LogP contribution in [-0.4, -0.2) is 20.7 Å². The number of aryl methyl sites for hydroxylation is 2. The number of benzene rings is 2. The van der Waals surface area contributed by atoms with E-state index in [1.165, 1.54) is 23.8 Å². The number of esters is 1. The average molecular weight is 419 g/mol. The summed E-state index contributed by atoms with van der Waals surface area (Å²) in [7, 11) is 0. The van der Waals surface area contributed by atoms with Crippen molar-refractivity contribution in [3.8, 4) is 0 Å². The molecule has 0 N–H and O–H groups in total. The molecule has 1 unspecified atom stereocenters. The van der Waals surface area contributed by atoms with Gasteiger partial charge in [-0.2, -0.15) is 5.10 Å². The van der Waals surface area contributed by atoms with Gasteiger partial charge in [-0.15, -0.1) is 0 Å². The van der Waals surface area contributed by atoms with E-state index in [1.54, 1.807) is 25.1 Å². The molecule has 0 radical (unpaired) electrons. The second-order valence-electron chi connectivity index (χ2n) is 7.49. The van der Waals surface area contributed by atoms with Gasteiger partial charge in [-0.3, -0.25) is 14.8 Å². The minimum Gasteiger partial charge on any atom is -0.455 e. The summed E-state index contributed by atoms with van der Waals surface area (Å²) in [6.45, 7) is 8.24. The van der Waals surface area contributed by atoms with E-state index in [-0.39, 0.29) is 5.69 Å². The van der Waals surface area contributed by atoms with Gasteiger partial charge < -0.3 is 4.74 Å². The molecule has 1 aromatic heterocycles. The zero-order valence-corrected chi connectivity index (χ0v) is 18.0. The normalized spacial score (nSPS) is 12.1. The van der Waals surface area contributed by atoms with Crippen LogP contribution in [0.3, 0.4) is 0 Å². The third-order valence-electron chi connectivity index (χ3n) is 5.12. The fourth-order valence-corrected chi connectivity index (χ4v) is 3.30. The molecule has 160 valence electrons. The van der Waals surface area contributed by atoms with E-state index >= 15 is 0 Å². The van der Waals surface area contributed by atoms with Gasteiger partial charge >= 0.3 is 5.97 Å². The van der Waals surface area contributed by atoms with Crippen molar-refractivity contribution in [3.63, 3.8) is 0 Å². The lowest BCUT2D eigenvalue weighted by Gasteiger charge is -2.11. The summed E-state index contributed by atoms with van der Waals surface area (Å²) in [4.78, 5) is 22.8. The van der Waals surface area contributed by atoms with Crippen LogP contribution in [0.1, 0.15) is 46.7 Å². The van der Waals surface area contributed by atoms with Gasteiger partial charge in [-0.1, -0.05) is 42.0 Å². The fourth-order valence-electron chi connectivity index (χ4n) is 3.30. The standard InChI is InChI=1S/C24H25N3O4/c1-16-8-10-20(11-9-16)15-26-18(3)23(17(2)25-26)12-13-24(28)31-19(4)21-6-5-7-22(14-21)27(29)30/h5-14,19H,15H2,1-4H3. The molecular formula is C24H25N3O4. The second kappa shape index (κ2) is 9.38. The van der Waals surface area contributed by atoms with Gasteiger partial charge in [0.15, 0.2) is 0 Å². The van der Waals surface area contributed by atoms with E-state index in [9.17, 15) is 14.9 Å². The van der Waals surface area contributed by atoms with Crippen LogP contribution in [0.4, 0.5) is 5.69 Å². The van der Waals surface area contributed by atoms with E-state index in [0.29, 0.717) is 12.1 Å². The summed E-state index contributed by atoms with van der Waals surface area (Å²) in [6, 6.07) is 14.4. The Bertz CT molecular complexity index is 1130. The van der Waals surface area contributed by atoms with Crippen molar-refractivity contribution in [2.75, 3.05) is 0 Å². The van der Waals surface area contributed by atoms with Crippen LogP contribution < -0.4 is 0 Å². The molecule has 0 aliphatic heterocycles. The van der Waals surface area contributed by atoms with Crippen molar-refractivity contribution in [2.24, 2.45) is 0 Å². The summed E-state index contributed by atoms with van der Waals surface area (Å²) < 4.78 is 7.32. The molecule has 0 fully saturated rings. The third kappa shape index (κ3) is 5.45. The Labute approximate surface area is 181 Å². The van der Waals surface area contributed by atoms with Gasteiger partial charge in [0.05, 0.1) is 17.2 Å². The van der Waals surface area contributed by atoms with Crippen molar-refractivity contribution in [1.29, 1.82) is 0 Å². The first-order valence-corrected chi connectivity index (χ1v) is 9.97. The number of rotatable bonds is 7. The zero-order chi connectivity index (χ0) is 22.5. The number of aromatic nitrogens is 2. The van der Waals surface area contributed by atoms with Crippen LogP contribution >= 0.6 is 0 Å². The molecular weight excluding hydrogens is 394 g/mol. The number of nitro groups is 1.